The first kappa shape index (κ1) is 13.8. The number of halogens is 1. The van der Waals surface area contributed by atoms with E-state index in [0.29, 0.717) is 18.8 Å². The number of amides is 1. The van der Waals surface area contributed by atoms with Crippen LogP contribution in [0.15, 0.2) is 0 Å². The Labute approximate surface area is 92.6 Å². The van der Waals surface area contributed by atoms with Gasteiger partial charge in [0.05, 0.1) is 0 Å². The molecule has 0 saturated heterocycles. The molecule has 0 bridgehead atoms. The maximum atomic E-state index is 11.4. The standard InChI is InChI=1S/C11H22ClNO/c1-3-4-5-6-7-8-11(14)13(2)10-9-12/h3-10H2,1-2H3. The van der Waals surface area contributed by atoms with E-state index in [1.165, 1.54) is 25.7 Å². The number of carbonyl (C=O) groups is 1. The molecule has 14 heavy (non-hydrogen) atoms. The zero-order valence-electron chi connectivity index (χ0n) is 9.39. The summed E-state index contributed by atoms with van der Waals surface area (Å²) in [6.45, 7) is 2.86. The molecule has 0 aliphatic heterocycles. The predicted octanol–water partition coefficient (Wildman–Crippen LogP) is 3.04. The second-order valence-electron chi connectivity index (χ2n) is 3.67. The highest BCUT2D eigenvalue weighted by atomic mass is 35.5. The fourth-order valence-electron chi connectivity index (χ4n) is 1.32. The zero-order chi connectivity index (χ0) is 10.8. The number of nitrogens with zero attached hydrogens (tertiary/aromatic N) is 1. The molecule has 0 atom stereocenters. The van der Waals surface area contributed by atoms with Crippen LogP contribution in [0.3, 0.4) is 0 Å². The molecule has 0 aromatic carbocycles. The van der Waals surface area contributed by atoms with E-state index in [1.807, 2.05) is 7.05 Å². The fraction of sp³-hybridized carbons (Fsp3) is 0.909. The van der Waals surface area contributed by atoms with Crippen LogP contribution in [0.5, 0.6) is 0 Å². The quantitative estimate of drug-likeness (QED) is 0.454. The smallest absolute Gasteiger partial charge is 0.222 e. The number of rotatable bonds is 8. The first-order valence-electron chi connectivity index (χ1n) is 5.52. The van der Waals surface area contributed by atoms with Gasteiger partial charge in [-0.3, -0.25) is 4.79 Å². The van der Waals surface area contributed by atoms with Gasteiger partial charge in [0.15, 0.2) is 0 Å². The summed E-state index contributed by atoms with van der Waals surface area (Å²) in [5, 5.41) is 0. The summed E-state index contributed by atoms with van der Waals surface area (Å²) in [5.41, 5.74) is 0. The van der Waals surface area contributed by atoms with Crippen molar-refractivity contribution in [1.82, 2.24) is 4.90 Å². The summed E-state index contributed by atoms with van der Waals surface area (Å²) >= 11 is 5.55. The van der Waals surface area contributed by atoms with Gasteiger partial charge in [0.2, 0.25) is 5.91 Å². The zero-order valence-corrected chi connectivity index (χ0v) is 10.1. The Bertz CT molecular complexity index is 150. The lowest BCUT2D eigenvalue weighted by Crippen LogP contribution is -2.28. The van der Waals surface area contributed by atoms with Crippen LogP contribution in [0.25, 0.3) is 0 Å². The highest BCUT2D eigenvalue weighted by molar-refractivity contribution is 6.18. The van der Waals surface area contributed by atoms with Crippen molar-refractivity contribution in [3.05, 3.63) is 0 Å². The third-order valence-electron chi connectivity index (χ3n) is 2.34. The van der Waals surface area contributed by atoms with Crippen LogP contribution >= 0.6 is 11.6 Å². The minimum atomic E-state index is 0.224. The lowest BCUT2D eigenvalue weighted by Gasteiger charge is -2.15. The van der Waals surface area contributed by atoms with Crippen LogP contribution < -0.4 is 0 Å². The van der Waals surface area contributed by atoms with Gasteiger partial charge in [0.1, 0.15) is 0 Å². The van der Waals surface area contributed by atoms with E-state index in [-0.39, 0.29) is 5.91 Å². The minimum absolute atomic E-state index is 0.224. The van der Waals surface area contributed by atoms with E-state index >= 15 is 0 Å². The summed E-state index contributed by atoms with van der Waals surface area (Å²) in [6, 6.07) is 0. The first-order chi connectivity index (χ1) is 6.72. The Hall–Kier alpha value is -0.240. The van der Waals surface area contributed by atoms with Crippen LogP contribution in [-0.4, -0.2) is 30.3 Å². The Morgan fingerprint density at radius 3 is 2.43 bits per heavy atom. The summed E-state index contributed by atoms with van der Waals surface area (Å²) in [6.07, 6.45) is 6.66. The number of hydrogen-bond donors (Lipinski definition) is 0. The van der Waals surface area contributed by atoms with E-state index in [9.17, 15) is 4.79 Å². The highest BCUT2D eigenvalue weighted by Crippen LogP contribution is 2.06. The van der Waals surface area contributed by atoms with E-state index in [4.69, 9.17) is 11.6 Å². The number of alkyl halides is 1. The molecule has 0 heterocycles. The van der Waals surface area contributed by atoms with Gasteiger partial charge in [-0.1, -0.05) is 32.6 Å². The first-order valence-corrected chi connectivity index (χ1v) is 6.05. The lowest BCUT2D eigenvalue weighted by atomic mass is 10.1. The molecule has 0 fully saturated rings. The summed E-state index contributed by atoms with van der Waals surface area (Å²) in [7, 11) is 1.82. The predicted molar refractivity (Wildman–Crippen MR) is 61.7 cm³/mol. The molecule has 0 rings (SSSR count). The summed E-state index contributed by atoms with van der Waals surface area (Å²) in [4.78, 5) is 13.1. The summed E-state index contributed by atoms with van der Waals surface area (Å²) < 4.78 is 0. The Kier molecular flexibility index (Phi) is 9.16. The van der Waals surface area contributed by atoms with Gasteiger partial charge in [0.25, 0.3) is 0 Å². The van der Waals surface area contributed by atoms with Gasteiger partial charge < -0.3 is 4.90 Å². The van der Waals surface area contributed by atoms with Crippen LogP contribution in [0, 0.1) is 0 Å². The third-order valence-corrected chi connectivity index (χ3v) is 2.51. The van der Waals surface area contributed by atoms with Gasteiger partial charge in [0, 0.05) is 25.9 Å². The SMILES string of the molecule is CCCCCCCC(=O)N(C)CCCl. The van der Waals surface area contributed by atoms with E-state index in [1.54, 1.807) is 4.90 Å². The summed E-state index contributed by atoms with van der Waals surface area (Å²) in [5.74, 6) is 0.750. The number of hydrogen-bond acceptors (Lipinski definition) is 1. The molecule has 0 aromatic rings. The number of unbranched alkanes of at least 4 members (excludes halogenated alkanes) is 4. The molecular weight excluding hydrogens is 198 g/mol. The van der Waals surface area contributed by atoms with Crippen molar-refractivity contribution in [2.24, 2.45) is 0 Å². The van der Waals surface area contributed by atoms with Crippen molar-refractivity contribution >= 4 is 17.5 Å². The molecule has 0 aliphatic rings. The topological polar surface area (TPSA) is 20.3 Å². The molecule has 0 aliphatic carbocycles. The lowest BCUT2D eigenvalue weighted by molar-refractivity contribution is -0.129. The van der Waals surface area contributed by atoms with Crippen LogP contribution in [-0.2, 0) is 4.79 Å². The van der Waals surface area contributed by atoms with Crippen molar-refractivity contribution in [3.63, 3.8) is 0 Å². The van der Waals surface area contributed by atoms with E-state index in [2.05, 4.69) is 6.92 Å². The van der Waals surface area contributed by atoms with E-state index < -0.39 is 0 Å². The molecule has 0 N–H and O–H groups in total. The van der Waals surface area contributed by atoms with E-state index in [0.717, 1.165) is 6.42 Å². The molecular formula is C11H22ClNO. The van der Waals surface area contributed by atoms with Crippen molar-refractivity contribution < 1.29 is 4.79 Å². The van der Waals surface area contributed by atoms with Crippen molar-refractivity contribution in [1.29, 1.82) is 0 Å². The normalized spacial score (nSPS) is 10.2. The molecule has 0 aromatic heterocycles. The molecule has 0 unspecified atom stereocenters. The van der Waals surface area contributed by atoms with Gasteiger partial charge in [-0.25, -0.2) is 0 Å². The van der Waals surface area contributed by atoms with Crippen molar-refractivity contribution in [2.75, 3.05) is 19.5 Å². The van der Waals surface area contributed by atoms with Crippen molar-refractivity contribution in [3.8, 4) is 0 Å². The second-order valence-corrected chi connectivity index (χ2v) is 4.05. The monoisotopic (exact) mass is 219 g/mol. The van der Waals surface area contributed by atoms with Gasteiger partial charge in [-0.2, -0.15) is 0 Å². The molecule has 2 nitrogen and oxygen atoms in total. The largest absolute Gasteiger partial charge is 0.345 e. The average Bonchev–Trinajstić information content (AvgIpc) is 2.17. The molecule has 0 radical (unpaired) electrons. The van der Waals surface area contributed by atoms with Crippen LogP contribution in [0.2, 0.25) is 0 Å². The third kappa shape index (κ3) is 7.19. The minimum Gasteiger partial charge on any atom is -0.345 e. The molecule has 3 heteroatoms. The average molecular weight is 220 g/mol. The van der Waals surface area contributed by atoms with Crippen molar-refractivity contribution in [2.45, 2.75) is 45.4 Å². The Morgan fingerprint density at radius 2 is 1.86 bits per heavy atom. The second kappa shape index (κ2) is 9.32. The maximum Gasteiger partial charge on any atom is 0.222 e. The maximum absolute atomic E-state index is 11.4. The van der Waals surface area contributed by atoms with Gasteiger partial charge in [-0.15, -0.1) is 11.6 Å². The van der Waals surface area contributed by atoms with Gasteiger partial charge >= 0.3 is 0 Å². The van der Waals surface area contributed by atoms with Crippen LogP contribution in [0.1, 0.15) is 45.4 Å². The molecule has 1 amide bonds. The highest BCUT2D eigenvalue weighted by Gasteiger charge is 2.06. The van der Waals surface area contributed by atoms with Gasteiger partial charge in [-0.05, 0) is 6.42 Å². The Morgan fingerprint density at radius 1 is 1.21 bits per heavy atom. The van der Waals surface area contributed by atoms with Crippen LogP contribution in [0.4, 0.5) is 0 Å². The molecule has 84 valence electrons. The number of carbonyl (C=O) groups excluding carboxylic acids is 1. The fourth-order valence-corrected chi connectivity index (χ4v) is 1.58. The molecule has 0 spiro atoms. The Balaban J connectivity index is 3.34. The molecule has 0 saturated carbocycles.